The van der Waals surface area contributed by atoms with E-state index in [1.807, 2.05) is 32.0 Å². The van der Waals surface area contributed by atoms with Crippen LogP contribution in [0, 0.1) is 13.8 Å². The molecule has 1 aliphatic heterocycles. The first kappa shape index (κ1) is 23.3. The molecule has 3 heterocycles. The van der Waals surface area contributed by atoms with Gasteiger partial charge in [0.05, 0.1) is 18.0 Å². The molecule has 36 heavy (non-hydrogen) atoms. The molecule has 0 unspecified atom stereocenters. The number of amides is 1. The highest BCUT2D eigenvalue weighted by atomic mass is 16.5. The zero-order valence-electron chi connectivity index (χ0n) is 20.1. The number of benzene rings is 2. The van der Waals surface area contributed by atoms with Crippen LogP contribution in [0.5, 0.6) is 11.5 Å². The summed E-state index contributed by atoms with van der Waals surface area (Å²) in [6.07, 6.45) is 3.96. The molecule has 4 aromatic rings. The van der Waals surface area contributed by atoms with E-state index >= 15 is 0 Å². The number of carbonyl (C=O) groups excluding carboxylic acids is 1. The Morgan fingerprint density at radius 1 is 1.19 bits per heavy atom. The molecule has 1 amide bonds. The molecule has 0 saturated heterocycles. The minimum atomic E-state index is -1.01. The summed E-state index contributed by atoms with van der Waals surface area (Å²) in [5.41, 5.74) is 4.44. The molecule has 2 aromatic heterocycles. The topological polar surface area (TPSA) is 118 Å². The summed E-state index contributed by atoms with van der Waals surface area (Å²) < 4.78 is 8.51. The number of aromatic nitrogens is 3. The van der Waals surface area contributed by atoms with Crippen LogP contribution in [0.2, 0.25) is 0 Å². The van der Waals surface area contributed by atoms with Crippen molar-refractivity contribution in [1.82, 2.24) is 19.9 Å². The first-order valence-corrected chi connectivity index (χ1v) is 11.9. The fourth-order valence-corrected chi connectivity index (χ4v) is 4.61. The average Bonchev–Trinajstić information content (AvgIpc) is 3.25. The summed E-state index contributed by atoms with van der Waals surface area (Å²) in [6.45, 7) is 5.57. The lowest BCUT2D eigenvalue weighted by molar-refractivity contribution is -0.137. The molecule has 9 heteroatoms. The third-order valence-electron chi connectivity index (χ3n) is 6.29. The van der Waals surface area contributed by atoms with Gasteiger partial charge in [0.1, 0.15) is 11.3 Å². The summed E-state index contributed by atoms with van der Waals surface area (Å²) in [6, 6.07) is 12.1. The first-order chi connectivity index (χ1) is 17.4. The van der Waals surface area contributed by atoms with Gasteiger partial charge in [0.15, 0.2) is 5.75 Å². The molecule has 2 aromatic carbocycles. The minimum absolute atomic E-state index is 0.246. The zero-order chi connectivity index (χ0) is 25.2. The van der Waals surface area contributed by atoms with Gasteiger partial charge in [-0.3, -0.25) is 14.6 Å². The van der Waals surface area contributed by atoms with E-state index in [0.29, 0.717) is 22.6 Å². The number of pyridine rings is 1. The summed E-state index contributed by atoms with van der Waals surface area (Å²) in [7, 11) is 0. The van der Waals surface area contributed by atoms with Gasteiger partial charge in [0.25, 0.3) is 5.91 Å². The van der Waals surface area contributed by atoms with E-state index in [1.54, 1.807) is 36.7 Å². The van der Waals surface area contributed by atoms with Crippen LogP contribution in [0.1, 0.15) is 45.9 Å². The quantitative estimate of drug-likeness (QED) is 0.350. The molecule has 3 N–H and O–H groups in total. The van der Waals surface area contributed by atoms with Crippen molar-refractivity contribution in [2.45, 2.75) is 39.3 Å². The number of para-hydroxylation sites is 1. The second-order valence-electron chi connectivity index (χ2n) is 8.94. The number of ether oxygens (including phenoxy) is 1. The largest absolute Gasteiger partial charge is 0.481 e. The maximum Gasteiger partial charge on any atom is 0.305 e. The second-order valence-corrected chi connectivity index (χ2v) is 8.94. The van der Waals surface area contributed by atoms with Crippen molar-refractivity contribution in [3.63, 3.8) is 0 Å². The average molecular weight is 486 g/mol. The van der Waals surface area contributed by atoms with Gasteiger partial charge in [-0.1, -0.05) is 12.1 Å². The number of hydrogen-bond donors (Lipinski definition) is 3. The Labute approximate surface area is 208 Å². The van der Waals surface area contributed by atoms with Crippen molar-refractivity contribution in [2.75, 3.05) is 11.9 Å². The van der Waals surface area contributed by atoms with Crippen LogP contribution >= 0.6 is 0 Å². The summed E-state index contributed by atoms with van der Waals surface area (Å²) in [4.78, 5) is 33.3. The number of anilines is 1. The van der Waals surface area contributed by atoms with Crippen LogP contribution in [0.3, 0.4) is 0 Å². The van der Waals surface area contributed by atoms with Crippen molar-refractivity contribution in [3.05, 3.63) is 77.1 Å². The van der Waals surface area contributed by atoms with Crippen molar-refractivity contribution in [1.29, 1.82) is 0 Å². The molecule has 0 aliphatic carbocycles. The van der Waals surface area contributed by atoms with Crippen molar-refractivity contribution < 1.29 is 19.4 Å². The number of aliphatic carboxylic acids is 1. The Bertz CT molecular complexity index is 1420. The summed E-state index contributed by atoms with van der Waals surface area (Å²) in [5.74, 6) is 0.783. The van der Waals surface area contributed by atoms with E-state index in [1.165, 1.54) is 0 Å². The fourth-order valence-electron chi connectivity index (χ4n) is 4.61. The van der Waals surface area contributed by atoms with Crippen molar-refractivity contribution in [2.24, 2.45) is 0 Å². The Hall–Kier alpha value is -4.40. The monoisotopic (exact) mass is 485 g/mol. The smallest absolute Gasteiger partial charge is 0.305 e. The van der Waals surface area contributed by atoms with Gasteiger partial charge in [-0.15, -0.1) is 0 Å². The molecule has 0 radical (unpaired) electrons. The van der Waals surface area contributed by atoms with Crippen LogP contribution in [0.15, 0.2) is 54.9 Å². The third kappa shape index (κ3) is 4.59. The SMILES string of the molecule is Cc1cc(C(=O)N[C@@H](CC(=O)O)c2cccnc2)cc(C)c1Oc1cccc2c1nc1n2CCCN1. The zero-order valence-corrected chi connectivity index (χ0v) is 20.1. The number of rotatable bonds is 7. The van der Waals surface area contributed by atoms with Crippen LogP contribution in [-0.2, 0) is 11.3 Å². The van der Waals surface area contributed by atoms with Crippen LogP contribution < -0.4 is 15.4 Å². The molecule has 1 atom stereocenters. The normalized spacial score (nSPS) is 13.5. The molecular formula is C27H27N5O4. The van der Waals surface area contributed by atoms with Gasteiger partial charge < -0.3 is 25.0 Å². The lowest BCUT2D eigenvalue weighted by atomic mass is 10.0. The van der Waals surface area contributed by atoms with E-state index in [0.717, 1.165) is 47.6 Å². The van der Waals surface area contributed by atoms with Gasteiger partial charge >= 0.3 is 5.97 Å². The fraction of sp³-hybridized carbons (Fsp3) is 0.259. The lowest BCUT2D eigenvalue weighted by Crippen LogP contribution is -2.30. The molecule has 1 aliphatic rings. The first-order valence-electron chi connectivity index (χ1n) is 11.9. The van der Waals surface area contributed by atoms with Gasteiger partial charge in [0.2, 0.25) is 5.95 Å². The Morgan fingerprint density at radius 3 is 2.72 bits per heavy atom. The van der Waals surface area contributed by atoms with E-state index in [9.17, 15) is 14.7 Å². The van der Waals surface area contributed by atoms with Crippen molar-refractivity contribution in [3.8, 4) is 11.5 Å². The molecule has 184 valence electrons. The maximum absolute atomic E-state index is 13.1. The van der Waals surface area contributed by atoms with E-state index in [2.05, 4.69) is 20.2 Å². The molecule has 5 rings (SSSR count). The van der Waals surface area contributed by atoms with E-state index in [4.69, 9.17) is 9.72 Å². The number of carbonyl (C=O) groups is 2. The molecule has 0 spiro atoms. The lowest BCUT2D eigenvalue weighted by Gasteiger charge is -2.18. The van der Waals surface area contributed by atoms with Crippen molar-refractivity contribution >= 4 is 28.9 Å². The highest BCUT2D eigenvalue weighted by Crippen LogP contribution is 2.35. The van der Waals surface area contributed by atoms with Gasteiger partial charge in [-0.2, -0.15) is 0 Å². The molecule has 0 bridgehead atoms. The standard InChI is InChI=1S/C27H27N5O4/c1-16-12-19(26(35)30-20(14-23(33)34)18-6-4-9-28-15-18)13-17(2)25(16)36-22-8-3-7-21-24(22)31-27-29-10-5-11-32(21)27/h3-4,6-9,12-13,15,20H,5,10-11,14H2,1-2H3,(H,29,31)(H,30,35)(H,33,34)/t20-/m0/s1. The predicted octanol–water partition coefficient (Wildman–Crippen LogP) is 4.60. The van der Waals surface area contributed by atoms with E-state index in [-0.39, 0.29) is 12.3 Å². The summed E-state index contributed by atoms with van der Waals surface area (Å²) >= 11 is 0. The number of hydrogen-bond acceptors (Lipinski definition) is 6. The Kier molecular flexibility index (Phi) is 6.28. The number of fused-ring (bicyclic) bond motifs is 3. The molecule has 0 fully saturated rings. The Balaban J connectivity index is 1.41. The number of nitrogens with one attached hydrogen (secondary N) is 2. The van der Waals surface area contributed by atoms with Gasteiger partial charge in [0, 0.05) is 31.0 Å². The minimum Gasteiger partial charge on any atom is -0.481 e. The second kappa shape index (κ2) is 9.69. The number of carboxylic acids is 1. The number of aryl methyl sites for hydroxylation is 3. The molecule has 0 saturated carbocycles. The van der Waals surface area contributed by atoms with Gasteiger partial charge in [-0.05, 0) is 67.3 Å². The summed E-state index contributed by atoms with van der Waals surface area (Å²) in [5, 5.41) is 15.5. The van der Waals surface area contributed by atoms with Gasteiger partial charge in [-0.25, -0.2) is 4.98 Å². The van der Waals surface area contributed by atoms with Crippen LogP contribution in [0.25, 0.3) is 11.0 Å². The van der Waals surface area contributed by atoms with Crippen LogP contribution in [-0.4, -0.2) is 38.1 Å². The number of carboxylic acid groups (broad SMARTS) is 1. The Morgan fingerprint density at radius 2 is 2.00 bits per heavy atom. The number of nitrogens with zero attached hydrogens (tertiary/aromatic N) is 3. The van der Waals surface area contributed by atoms with E-state index < -0.39 is 12.0 Å². The maximum atomic E-state index is 13.1. The highest BCUT2D eigenvalue weighted by molar-refractivity contribution is 5.95. The molecule has 9 nitrogen and oxygen atoms in total. The van der Waals surface area contributed by atoms with Crippen LogP contribution in [0.4, 0.5) is 5.95 Å². The third-order valence-corrected chi connectivity index (χ3v) is 6.29. The highest BCUT2D eigenvalue weighted by Gasteiger charge is 2.22. The molecular weight excluding hydrogens is 458 g/mol. The predicted molar refractivity (Wildman–Crippen MR) is 136 cm³/mol. The number of imidazole rings is 1.